The van der Waals surface area contributed by atoms with E-state index >= 15 is 0 Å². The monoisotopic (exact) mass is 405 g/mol. The summed E-state index contributed by atoms with van der Waals surface area (Å²) in [6, 6.07) is 3.46. The molecule has 2 rings (SSSR count). The number of thioether (sulfide) groups is 1. The van der Waals surface area contributed by atoms with E-state index in [0.717, 1.165) is 16.2 Å². The van der Waals surface area contributed by atoms with Crippen molar-refractivity contribution in [1.82, 2.24) is 9.55 Å². The van der Waals surface area contributed by atoms with Gasteiger partial charge >= 0.3 is 0 Å². The van der Waals surface area contributed by atoms with Crippen LogP contribution < -0.4 is 10.7 Å². The highest BCUT2D eigenvalue weighted by molar-refractivity contribution is 9.11. The average molecular weight is 407 g/mol. The number of hydrogen-bond donors (Lipinski definition) is 0. The Bertz CT molecular complexity index is 730. The Labute approximate surface area is 129 Å². The molecule has 0 spiro atoms. The second kappa shape index (κ2) is 5.64. The maximum atomic E-state index is 12.2. The average Bonchev–Trinajstić information content (AvgIpc) is 2.32. The number of carbonyl (C=O) groups is 1. The summed E-state index contributed by atoms with van der Waals surface area (Å²) in [6.45, 7) is 0. The number of carboxylic acid groups (broad SMARTS) is 1. The van der Waals surface area contributed by atoms with Crippen molar-refractivity contribution in [2.45, 2.75) is 5.16 Å². The molecular formula is C11H7Br2N2O3S-. The van der Waals surface area contributed by atoms with Gasteiger partial charge in [-0.2, -0.15) is 0 Å². The summed E-state index contributed by atoms with van der Waals surface area (Å²) in [4.78, 5) is 27.0. The minimum absolute atomic E-state index is 0.229. The summed E-state index contributed by atoms with van der Waals surface area (Å²) >= 11 is 7.61. The molecule has 8 heteroatoms. The number of hydrogen-bond acceptors (Lipinski definition) is 5. The largest absolute Gasteiger partial charge is 0.549 e. The van der Waals surface area contributed by atoms with Gasteiger partial charge in [0.2, 0.25) is 0 Å². The van der Waals surface area contributed by atoms with Gasteiger partial charge in [0.1, 0.15) is 0 Å². The van der Waals surface area contributed by atoms with Crippen molar-refractivity contribution < 1.29 is 9.90 Å². The van der Waals surface area contributed by atoms with Gasteiger partial charge in [-0.25, -0.2) is 4.98 Å². The molecule has 0 amide bonds. The first-order valence-electron chi connectivity index (χ1n) is 5.08. The first-order chi connectivity index (χ1) is 8.90. The van der Waals surface area contributed by atoms with E-state index in [2.05, 4.69) is 36.8 Å². The normalized spacial score (nSPS) is 10.9. The van der Waals surface area contributed by atoms with Crippen molar-refractivity contribution in [2.75, 3.05) is 5.75 Å². The number of benzene rings is 1. The van der Waals surface area contributed by atoms with Gasteiger partial charge in [0.15, 0.2) is 5.16 Å². The van der Waals surface area contributed by atoms with E-state index in [1.165, 1.54) is 4.57 Å². The maximum absolute atomic E-state index is 12.2. The Morgan fingerprint density at radius 2 is 2.16 bits per heavy atom. The molecule has 1 aromatic heterocycles. The maximum Gasteiger partial charge on any atom is 0.261 e. The van der Waals surface area contributed by atoms with E-state index in [1.807, 2.05) is 0 Å². The SMILES string of the molecule is Cn1c(SCC(=O)[O-])nc2c(Br)cc(Br)cc2c1=O. The number of carboxylic acids is 1. The Morgan fingerprint density at radius 1 is 1.47 bits per heavy atom. The molecule has 0 bridgehead atoms. The molecule has 0 saturated carbocycles. The standard InChI is InChI=1S/C11H8Br2N2O3S/c1-15-10(18)6-2-5(12)3-7(13)9(6)14-11(15)19-4-8(16)17/h2-3H,4H2,1H3,(H,16,17)/p-1. The predicted molar refractivity (Wildman–Crippen MR) is 78.1 cm³/mol. The number of carbonyl (C=O) groups excluding carboxylic acids is 1. The summed E-state index contributed by atoms with van der Waals surface area (Å²) in [5, 5.41) is 11.3. The summed E-state index contributed by atoms with van der Waals surface area (Å²) in [5.74, 6) is -1.45. The van der Waals surface area contributed by atoms with Crippen LogP contribution in [0.4, 0.5) is 0 Å². The molecule has 5 nitrogen and oxygen atoms in total. The van der Waals surface area contributed by atoms with Crippen LogP contribution in [-0.2, 0) is 11.8 Å². The summed E-state index contributed by atoms with van der Waals surface area (Å²) < 4.78 is 2.76. The highest BCUT2D eigenvalue weighted by Crippen LogP contribution is 2.27. The Hall–Kier alpha value is -0.860. The Morgan fingerprint density at radius 3 is 2.79 bits per heavy atom. The molecule has 0 radical (unpaired) electrons. The van der Waals surface area contributed by atoms with Gasteiger partial charge in [-0.1, -0.05) is 27.7 Å². The number of fused-ring (bicyclic) bond motifs is 1. The summed E-state index contributed by atoms with van der Waals surface area (Å²) in [5.41, 5.74) is 0.278. The third kappa shape index (κ3) is 3.01. The highest BCUT2D eigenvalue weighted by atomic mass is 79.9. The molecule has 1 aromatic carbocycles. The second-order valence-electron chi connectivity index (χ2n) is 3.70. The number of aromatic nitrogens is 2. The van der Waals surface area contributed by atoms with Gasteiger partial charge in [-0.3, -0.25) is 9.36 Å². The van der Waals surface area contributed by atoms with Crippen LogP contribution in [0.2, 0.25) is 0 Å². The fraction of sp³-hybridized carbons (Fsp3) is 0.182. The molecule has 0 unspecified atom stereocenters. The third-order valence-corrected chi connectivity index (χ3v) is 4.44. The zero-order valence-corrected chi connectivity index (χ0v) is 13.6. The number of nitrogens with zero attached hydrogens (tertiary/aromatic N) is 2. The summed E-state index contributed by atoms with van der Waals surface area (Å²) in [6.07, 6.45) is 0. The first-order valence-corrected chi connectivity index (χ1v) is 7.65. The van der Waals surface area contributed by atoms with E-state index in [-0.39, 0.29) is 11.3 Å². The molecule has 0 aliphatic rings. The molecule has 19 heavy (non-hydrogen) atoms. The lowest BCUT2D eigenvalue weighted by molar-refractivity contribution is -0.301. The fourth-order valence-corrected chi connectivity index (χ4v) is 3.53. The van der Waals surface area contributed by atoms with Gasteiger partial charge in [0.05, 0.1) is 16.9 Å². The van der Waals surface area contributed by atoms with Crippen LogP contribution in [0.3, 0.4) is 0 Å². The molecule has 1 heterocycles. The zero-order chi connectivity index (χ0) is 14.2. The fourth-order valence-electron chi connectivity index (χ4n) is 1.53. The van der Waals surface area contributed by atoms with Gasteiger partial charge in [0.25, 0.3) is 5.56 Å². The van der Waals surface area contributed by atoms with E-state index in [9.17, 15) is 14.7 Å². The number of aliphatic carboxylic acids is 1. The Balaban J connectivity index is 2.66. The van der Waals surface area contributed by atoms with Gasteiger partial charge in [-0.15, -0.1) is 0 Å². The van der Waals surface area contributed by atoms with Crippen molar-refractivity contribution in [3.05, 3.63) is 31.4 Å². The number of rotatable bonds is 3. The van der Waals surface area contributed by atoms with Crippen LogP contribution in [0.1, 0.15) is 0 Å². The van der Waals surface area contributed by atoms with Gasteiger partial charge in [-0.05, 0) is 28.1 Å². The van der Waals surface area contributed by atoms with Crippen molar-refractivity contribution in [3.63, 3.8) is 0 Å². The lowest BCUT2D eigenvalue weighted by Gasteiger charge is -2.10. The molecular weight excluding hydrogens is 400 g/mol. The van der Waals surface area contributed by atoms with Gasteiger partial charge in [0, 0.05) is 21.7 Å². The molecule has 0 aliphatic carbocycles. The van der Waals surface area contributed by atoms with Gasteiger partial charge < -0.3 is 9.90 Å². The lowest BCUT2D eigenvalue weighted by atomic mass is 10.2. The molecule has 0 aliphatic heterocycles. The van der Waals surface area contributed by atoms with Crippen LogP contribution in [0, 0.1) is 0 Å². The van der Waals surface area contributed by atoms with Crippen molar-refractivity contribution >= 4 is 60.5 Å². The van der Waals surface area contributed by atoms with Crippen LogP contribution in [-0.4, -0.2) is 21.3 Å². The Kier molecular flexibility index (Phi) is 4.32. The van der Waals surface area contributed by atoms with Crippen molar-refractivity contribution in [1.29, 1.82) is 0 Å². The molecule has 0 N–H and O–H groups in total. The van der Waals surface area contributed by atoms with Crippen molar-refractivity contribution in [3.8, 4) is 0 Å². The lowest BCUT2D eigenvalue weighted by Crippen LogP contribution is -2.26. The zero-order valence-electron chi connectivity index (χ0n) is 9.65. The molecule has 2 aromatic rings. The minimum Gasteiger partial charge on any atom is -0.549 e. The third-order valence-electron chi connectivity index (χ3n) is 2.38. The first kappa shape index (κ1) is 14.5. The smallest absolute Gasteiger partial charge is 0.261 e. The quantitative estimate of drug-likeness (QED) is 0.567. The molecule has 100 valence electrons. The van der Waals surface area contributed by atoms with E-state index in [1.54, 1.807) is 19.2 Å². The van der Waals surface area contributed by atoms with Crippen LogP contribution in [0.5, 0.6) is 0 Å². The van der Waals surface area contributed by atoms with Crippen LogP contribution in [0.25, 0.3) is 10.9 Å². The van der Waals surface area contributed by atoms with E-state index in [0.29, 0.717) is 20.5 Å². The van der Waals surface area contributed by atoms with Crippen LogP contribution >= 0.6 is 43.6 Å². The topological polar surface area (TPSA) is 75.0 Å². The molecule has 0 saturated heterocycles. The summed E-state index contributed by atoms with van der Waals surface area (Å²) in [7, 11) is 1.56. The predicted octanol–water partition coefficient (Wildman–Crippen LogP) is 1.30. The minimum atomic E-state index is -1.20. The van der Waals surface area contributed by atoms with E-state index in [4.69, 9.17) is 0 Å². The highest BCUT2D eigenvalue weighted by Gasteiger charge is 2.12. The number of halogens is 2. The molecule has 0 fully saturated rings. The van der Waals surface area contributed by atoms with Crippen LogP contribution in [0.15, 0.2) is 31.0 Å². The van der Waals surface area contributed by atoms with Crippen molar-refractivity contribution in [2.24, 2.45) is 7.05 Å². The molecule has 0 atom stereocenters. The second-order valence-corrected chi connectivity index (χ2v) is 6.42. The van der Waals surface area contributed by atoms with E-state index < -0.39 is 5.97 Å².